The summed E-state index contributed by atoms with van der Waals surface area (Å²) < 4.78 is 6.26. The third-order valence-electron chi connectivity index (χ3n) is 3.82. The van der Waals surface area contributed by atoms with Gasteiger partial charge in [-0.15, -0.1) is 0 Å². The number of carbonyl (C=O) groups is 2. The van der Waals surface area contributed by atoms with Crippen molar-refractivity contribution < 1.29 is 14.3 Å². The quantitative estimate of drug-likeness (QED) is 0.824. The molecule has 0 unspecified atom stereocenters. The summed E-state index contributed by atoms with van der Waals surface area (Å²) in [5.74, 6) is -0.640. The van der Waals surface area contributed by atoms with E-state index in [9.17, 15) is 9.59 Å². The van der Waals surface area contributed by atoms with Crippen LogP contribution in [-0.2, 0) is 4.74 Å². The van der Waals surface area contributed by atoms with Crippen LogP contribution in [0.25, 0.3) is 5.69 Å². The second kappa shape index (κ2) is 5.96. The van der Waals surface area contributed by atoms with Crippen molar-refractivity contribution in [2.45, 2.75) is 0 Å². The van der Waals surface area contributed by atoms with Gasteiger partial charge in [0.05, 0.1) is 18.4 Å². The van der Waals surface area contributed by atoms with Gasteiger partial charge in [0.2, 0.25) is 0 Å². The van der Waals surface area contributed by atoms with Crippen LogP contribution in [0, 0.1) is 11.3 Å². The van der Waals surface area contributed by atoms with E-state index in [4.69, 9.17) is 15.7 Å². The Bertz CT molecular complexity index is 865. The van der Waals surface area contributed by atoms with Crippen LogP contribution in [-0.4, -0.2) is 36.8 Å². The zero-order chi connectivity index (χ0) is 17.3. The van der Waals surface area contributed by atoms with E-state index >= 15 is 0 Å². The van der Waals surface area contributed by atoms with Crippen LogP contribution >= 0.6 is 0 Å². The van der Waals surface area contributed by atoms with Gasteiger partial charge in [-0.1, -0.05) is 6.07 Å². The molecule has 0 radical (unpaired) electrons. The standard InChI is InChI=1S/C16H15N5O3/c1-24-15(22)14-13(18)10(8-17)9-21(14)12-4-2-3-11(7-12)20-6-5-19-16(20)23/h2-4,7,9H,5-6,18H2,1H3,(H,19,23). The fraction of sp³-hybridized carbons (Fsp3) is 0.188. The van der Waals surface area contributed by atoms with E-state index in [1.54, 1.807) is 29.2 Å². The molecule has 1 fully saturated rings. The third-order valence-corrected chi connectivity index (χ3v) is 3.82. The molecule has 3 N–H and O–H groups in total. The van der Waals surface area contributed by atoms with Crippen LogP contribution in [0.1, 0.15) is 16.1 Å². The van der Waals surface area contributed by atoms with Gasteiger partial charge in [-0.25, -0.2) is 9.59 Å². The maximum atomic E-state index is 12.0. The number of nitrogens with one attached hydrogen (secondary N) is 1. The van der Waals surface area contributed by atoms with Crippen LogP contribution in [0.4, 0.5) is 16.2 Å². The molecule has 2 amide bonds. The van der Waals surface area contributed by atoms with Crippen molar-refractivity contribution in [1.82, 2.24) is 9.88 Å². The Labute approximate surface area is 138 Å². The molecule has 122 valence electrons. The van der Waals surface area contributed by atoms with E-state index in [1.165, 1.54) is 17.9 Å². The lowest BCUT2D eigenvalue weighted by Crippen LogP contribution is -2.27. The molecule has 8 nitrogen and oxygen atoms in total. The molecule has 1 aliphatic heterocycles. The number of nitriles is 1. The summed E-state index contributed by atoms with van der Waals surface area (Å²) in [4.78, 5) is 25.5. The number of esters is 1. The minimum atomic E-state index is -0.640. The molecule has 0 spiro atoms. The van der Waals surface area contributed by atoms with Crippen molar-refractivity contribution in [3.8, 4) is 11.8 Å². The maximum absolute atomic E-state index is 12.0. The smallest absolute Gasteiger partial charge is 0.357 e. The molecule has 1 aromatic carbocycles. The highest BCUT2D eigenvalue weighted by atomic mass is 16.5. The molecule has 1 aromatic heterocycles. The molecular formula is C16H15N5O3. The molecular weight excluding hydrogens is 310 g/mol. The first-order valence-electron chi connectivity index (χ1n) is 7.22. The minimum absolute atomic E-state index is 0.0636. The summed E-state index contributed by atoms with van der Waals surface area (Å²) in [6.45, 7) is 1.13. The van der Waals surface area contributed by atoms with E-state index < -0.39 is 5.97 Å². The maximum Gasteiger partial charge on any atom is 0.357 e. The van der Waals surface area contributed by atoms with Gasteiger partial charge in [0, 0.05) is 30.7 Å². The van der Waals surface area contributed by atoms with Crippen molar-refractivity contribution in [3.63, 3.8) is 0 Å². The molecule has 2 aromatic rings. The fourth-order valence-corrected chi connectivity index (χ4v) is 2.65. The van der Waals surface area contributed by atoms with Crippen LogP contribution in [0.5, 0.6) is 0 Å². The third kappa shape index (κ3) is 2.42. The number of anilines is 2. The average molecular weight is 325 g/mol. The molecule has 0 atom stereocenters. The number of nitrogens with two attached hydrogens (primary N) is 1. The normalized spacial score (nSPS) is 13.5. The summed E-state index contributed by atoms with van der Waals surface area (Å²) in [6.07, 6.45) is 1.48. The summed E-state index contributed by atoms with van der Waals surface area (Å²) >= 11 is 0. The van der Waals surface area contributed by atoms with E-state index in [0.717, 1.165) is 0 Å². The number of amides is 2. The van der Waals surface area contributed by atoms with Gasteiger partial charge in [0.15, 0.2) is 5.69 Å². The molecule has 3 rings (SSSR count). The molecule has 1 aliphatic rings. The highest BCUT2D eigenvalue weighted by molar-refractivity contribution is 5.96. The Morgan fingerprint density at radius 3 is 2.79 bits per heavy atom. The SMILES string of the molecule is COC(=O)c1c(N)c(C#N)cn1-c1cccc(N2CCNC2=O)c1. The molecule has 24 heavy (non-hydrogen) atoms. The highest BCUT2D eigenvalue weighted by Crippen LogP contribution is 2.27. The lowest BCUT2D eigenvalue weighted by molar-refractivity contribution is 0.0593. The Hall–Kier alpha value is -3.47. The molecule has 8 heteroatoms. The number of aromatic nitrogens is 1. The van der Waals surface area contributed by atoms with E-state index in [2.05, 4.69) is 5.32 Å². The highest BCUT2D eigenvalue weighted by Gasteiger charge is 2.24. The van der Waals surface area contributed by atoms with Gasteiger partial charge in [-0.05, 0) is 18.2 Å². The van der Waals surface area contributed by atoms with Crippen LogP contribution in [0.15, 0.2) is 30.5 Å². The Morgan fingerprint density at radius 2 is 2.17 bits per heavy atom. The number of nitrogen functional groups attached to an aromatic ring is 1. The first-order valence-corrected chi connectivity index (χ1v) is 7.22. The number of benzene rings is 1. The lowest BCUT2D eigenvalue weighted by atomic mass is 10.2. The number of methoxy groups -OCH3 is 1. The Kier molecular flexibility index (Phi) is 3.83. The first-order chi connectivity index (χ1) is 11.6. The van der Waals surface area contributed by atoms with Crippen molar-refractivity contribution in [2.75, 3.05) is 30.8 Å². The van der Waals surface area contributed by atoms with Gasteiger partial charge in [-0.2, -0.15) is 5.26 Å². The topological polar surface area (TPSA) is 113 Å². The zero-order valence-corrected chi connectivity index (χ0v) is 12.9. The van der Waals surface area contributed by atoms with Crippen molar-refractivity contribution >= 4 is 23.4 Å². The number of hydrogen-bond donors (Lipinski definition) is 2. The molecule has 1 saturated heterocycles. The van der Waals surface area contributed by atoms with Gasteiger partial charge < -0.3 is 20.4 Å². The van der Waals surface area contributed by atoms with Crippen molar-refractivity contribution in [1.29, 1.82) is 5.26 Å². The number of carbonyl (C=O) groups excluding carboxylic acids is 2. The van der Waals surface area contributed by atoms with E-state index in [1.807, 2.05) is 6.07 Å². The van der Waals surface area contributed by atoms with Gasteiger partial charge in [0.25, 0.3) is 0 Å². The monoisotopic (exact) mass is 325 g/mol. The summed E-state index contributed by atoms with van der Waals surface area (Å²) in [5.41, 5.74) is 7.50. The number of nitrogens with zero attached hydrogens (tertiary/aromatic N) is 3. The average Bonchev–Trinajstić information content (AvgIpc) is 3.17. The minimum Gasteiger partial charge on any atom is -0.464 e. The Morgan fingerprint density at radius 1 is 1.42 bits per heavy atom. The first kappa shape index (κ1) is 15.4. The largest absolute Gasteiger partial charge is 0.464 e. The predicted molar refractivity (Wildman–Crippen MR) is 87.0 cm³/mol. The summed E-state index contributed by atoms with van der Waals surface area (Å²) in [7, 11) is 1.25. The molecule has 0 saturated carbocycles. The second-order valence-electron chi connectivity index (χ2n) is 5.18. The van der Waals surface area contributed by atoms with E-state index in [-0.39, 0.29) is 23.0 Å². The van der Waals surface area contributed by atoms with Gasteiger partial charge >= 0.3 is 12.0 Å². The number of ether oxygens (including phenoxy) is 1. The van der Waals surface area contributed by atoms with Crippen LogP contribution in [0.2, 0.25) is 0 Å². The fourth-order valence-electron chi connectivity index (χ4n) is 2.65. The van der Waals surface area contributed by atoms with Crippen LogP contribution < -0.4 is 16.0 Å². The summed E-state index contributed by atoms with van der Waals surface area (Å²) in [5, 5.41) is 11.9. The van der Waals surface area contributed by atoms with E-state index in [0.29, 0.717) is 24.5 Å². The predicted octanol–water partition coefficient (Wildman–Crippen LogP) is 1.25. The number of rotatable bonds is 3. The zero-order valence-electron chi connectivity index (χ0n) is 12.9. The summed E-state index contributed by atoms with van der Waals surface area (Å²) in [6, 6.07) is 8.84. The molecule has 0 bridgehead atoms. The van der Waals surface area contributed by atoms with Crippen molar-refractivity contribution in [2.24, 2.45) is 0 Å². The van der Waals surface area contributed by atoms with Crippen molar-refractivity contribution in [3.05, 3.63) is 41.7 Å². The number of urea groups is 1. The second-order valence-corrected chi connectivity index (χ2v) is 5.18. The molecule has 2 heterocycles. The van der Waals surface area contributed by atoms with Gasteiger partial charge in [0.1, 0.15) is 6.07 Å². The Balaban J connectivity index is 2.11. The number of hydrogen-bond acceptors (Lipinski definition) is 5. The molecule has 0 aliphatic carbocycles. The van der Waals surface area contributed by atoms with Gasteiger partial charge in [-0.3, -0.25) is 4.90 Å². The van der Waals surface area contributed by atoms with Crippen LogP contribution in [0.3, 0.4) is 0 Å². The lowest BCUT2D eigenvalue weighted by Gasteiger charge is -2.16.